The molecule has 2 heterocycles. The van der Waals surface area contributed by atoms with Gasteiger partial charge in [-0.2, -0.15) is 9.97 Å². The fourth-order valence-electron chi connectivity index (χ4n) is 1.29. The van der Waals surface area contributed by atoms with E-state index in [1.807, 2.05) is 0 Å². The molecule has 0 bridgehead atoms. The van der Waals surface area contributed by atoms with Crippen molar-refractivity contribution in [2.75, 3.05) is 18.9 Å². The predicted octanol–water partition coefficient (Wildman–Crippen LogP) is 2.77. The zero-order valence-corrected chi connectivity index (χ0v) is 14.7. The lowest BCUT2D eigenvalue weighted by Crippen LogP contribution is -2.14. The van der Waals surface area contributed by atoms with Crippen molar-refractivity contribution in [3.63, 3.8) is 0 Å². The van der Waals surface area contributed by atoms with E-state index >= 15 is 0 Å². The third-order valence-electron chi connectivity index (χ3n) is 2.21. The summed E-state index contributed by atoms with van der Waals surface area (Å²) in [7, 11) is -1.05. The normalized spacial score (nSPS) is 11.2. The average Bonchev–Trinajstić information content (AvgIpc) is 2.78. The molecule has 1 N–H and O–H groups in total. The van der Waals surface area contributed by atoms with Gasteiger partial charge in [-0.3, -0.25) is 0 Å². The van der Waals surface area contributed by atoms with Crippen LogP contribution in [0.1, 0.15) is 0 Å². The van der Waals surface area contributed by atoms with Crippen molar-refractivity contribution in [1.82, 2.24) is 9.97 Å². The summed E-state index contributed by atoms with van der Waals surface area (Å²) < 4.78 is 37.1. The molecule has 2 rings (SSSR count). The Morgan fingerprint density at radius 1 is 1.24 bits per heavy atom. The SMILES string of the molecule is COc1cc(OC)nc(NS(=O)(=O)c2cc(Cl)c(Br)s2)n1. The monoisotopic (exact) mass is 413 g/mol. The number of hydrogen-bond donors (Lipinski definition) is 1. The first kappa shape index (κ1) is 16.3. The van der Waals surface area contributed by atoms with E-state index in [0.29, 0.717) is 8.81 Å². The Bertz CT molecular complexity index is 724. The molecule has 0 saturated carbocycles. The highest BCUT2D eigenvalue weighted by molar-refractivity contribution is 9.11. The number of thiophene rings is 1. The highest BCUT2D eigenvalue weighted by Gasteiger charge is 2.21. The van der Waals surface area contributed by atoms with Crippen LogP contribution >= 0.6 is 38.9 Å². The van der Waals surface area contributed by atoms with E-state index < -0.39 is 10.0 Å². The minimum Gasteiger partial charge on any atom is -0.481 e. The van der Waals surface area contributed by atoms with E-state index in [1.54, 1.807) is 0 Å². The second-order valence-corrected chi connectivity index (χ2v) is 8.26. The molecule has 0 amide bonds. The molecule has 7 nitrogen and oxygen atoms in total. The number of methoxy groups -OCH3 is 2. The summed E-state index contributed by atoms with van der Waals surface area (Å²) >= 11 is 9.97. The summed E-state index contributed by atoms with van der Waals surface area (Å²) in [6.07, 6.45) is 0. The molecule has 0 atom stereocenters. The predicted molar refractivity (Wildman–Crippen MR) is 83.0 cm³/mol. The molecule has 0 aromatic carbocycles. The largest absolute Gasteiger partial charge is 0.481 e. The van der Waals surface area contributed by atoms with Gasteiger partial charge in [-0.1, -0.05) is 11.6 Å². The van der Waals surface area contributed by atoms with Crippen LogP contribution in [0.25, 0.3) is 0 Å². The molecule has 114 valence electrons. The number of sulfonamides is 1. The topological polar surface area (TPSA) is 90.4 Å². The van der Waals surface area contributed by atoms with E-state index in [-0.39, 0.29) is 21.9 Å². The Hall–Kier alpha value is -1.10. The molecule has 2 aromatic heterocycles. The second-order valence-electron chi connectivity index (χ2n) is 3.57. The van der Waals surface area contributed by atoms with E-state index in [4.69, 9.17) is 21.1 Å². The highest BCUT2D eigenvalue weighted by Crippen LogP contribution is 2.35. The summed E-state index contributed by atoms with van der Waals surface area (Å²) in [5, 5.41) is 0.310. The molecule has 0 unspecified atom stereocenters. The molecule has 0 aliphatic carbocycles. The molecule has 2 aromatic rings. The maximum Gasteiger partial charge on any atom is 0.273 e. The van der Waals surface area contributed by atoms with E-state index in [2.05, 4.69) is 30.6 Å². The van der Waals surface area contributed by atoms with Crippen LogP contribution in [0.15, 0.2) is 20.1 Å². The van der Waals surface area contributed by atoms with Crippen molar-refractivity contribution in [3.05, 3.63) is 20.9 Å². The number of halogens is 2. The lowest BCUT2D eigenvalue weighted by Gasteiger charge is -2.08. The fourth-order valence-corrected chi connectivity index (χ4v) is 4.63. The summed E-state index contributed by atoms with van der Waals surface area (Å²) in [6.45, 7) is 0. The summed E-state index contributed by atoms with van der Waals surface area (Å²) in [4.78, 5) is 7.79. The Morgan fingerprint density at radius 3 is 2.24 bits per heavy atom. The average molecular weight is 415 g/mol. The zero-order chi connectivity index (χ0) is 15.6. The van der Waals surface area contributed by atoms with Gasteiger partial charge < -0.3 is 9.47 Å². The highest BCUT2D eigenvalue weighted by atomic mass is 79.9. The van der Waals surface area contributed by atoms with Gasteiger partial charge in [0, 0.05) is 0 Å². The van der Waals surface area contributed by atoms with E-state index in [1.165, 1.54) is 26.4 Å². The van der Waals surface area contributed by atoms with Crippen molar-refractivity contribution in [3.8, 4) is 11.8 Å². The Kier molecular flexibility index (Phi) is 4.91. The maximum atomic E-state index is 12.2. The van der Waals surface area contributed by atoms with Crippen LogP contribution in [0.5, 0.6) is 11.8 Å². The smallest absolute Gasteiger partial charge is 0.273 e. The summed E-state index contributed by atoms with van der Waals surface area (Å²) in [5.74, 6) is 0.182. The van der Waals surface area contributed by atoms with Crippen molar-refractivity contribution in [2.24, 2.45) is 0 Å². The number of anilines is 1. The van der Waals surface area contributed by atoms with Gasteiger partial charge in [0.25, 0.3) is 10.0 Å². The molecule has 0 fully saturated rings. The van der Waals surface area contributed by atoms with Gasteiger partial charge in [0.15, 0.2) is 0 Å². The number of nitrogens with zero attached hydrogens (tertiary/aromatic N) is 2. The first-order valence-corrected chi connectivity index (χ1v) is 8.77. The van der Waals surface area contributed by atoms with Crippen molar-refractivity contribution in [2.45, 2.75) is 4.21 Å². The Morgan fingerprint density at radius 2 is 1.81 bits per heavy atom. The number of hydrogen-bond acceptors (Lipinski definition) is 7. The Labute approximate surface area is 138 Å². The first-order valence-electron chi connectivity index (χ1n) is 5.30. The maximum absolute atomic E-state index is 12.2. The van der Waals surface area contributed by atoms with E-state index in [9.17, 15) is 8.42 Å². The van der Waals surface area contributed by atoms with Crippen LogP contribution < -0.4 is 14.2 Å². The van der Waals surface area contributed by atoms with Gasteiger partial charge >= 0.3 is 0 Å². The van der Waals surface area contributed by atoms with Crippen LogP contribution in [-0.2, 0) is 10.0 Å². The summed E-state index contributed by atoms with van der Waals surface area (Å²) in [5.41, 5.74) is 0. The number of nitrogens with one attached hydrogen (secondary N) is 1. The van der Waals surface area contributed by atoms with Gasteiger partial charge in [-0.25, -0.2) is 13.1 Å². The molecule has 11 heteroatoms. The number of ether oxygens (including phenoxy) is 2. The third-order valence-corrected chi connectivity index (χ3v) is 6.49. The minimum atomic E-state index is -3.85. The minimum absolute atomic E-state index is 0.0322. The van der Waals surface area contributed by atoms with Crippen LogP contribution in [0.3, 0.4) is 0 Å². The van der Waals surface area contributed by atoms with Gasteiger partial charge in [-0.05, 0) is 22.0 Å². The van der Waals surface area contributed by atoms with Crippen LogP contribution in [0.2, 0.25) is 5.02 Å². The third kappa shape index (κ3) is 3.76. The van der Waals surface area contributed by atoms with Crippen molar-refractivity contribution >= 4 is 54.8 Å². The molecule has 0 spiro atoms. The van der Waals surface area contributed by atoms with Gasteiger partial charge in [0.1, 0.15) is 4.21 Å². The lowest BCUT2D eigenvalue weighted by atomic mass is 10.6. The fraction of sp³-hybridized carbons (Fsp3) is 0.200. The number of rotatable bonds is 5. The van der Waals surface area contributed by atoms with Gasteiger partial charge in [0.05, 0.1) is 29.1 Å². The van der Waals surface area contributed by atoms with Gasteiger partial charge in [-0.15, -0.1) is 11.3 Å². The molecule has 0 radical (unpaired) electrons. The quantitative estimate of drug-likeness (QED) is 0.809. The van der Waals surface area contributed by atoms with Crippen molar-refractivity contribution in [1.29, 1.82) is 0 Å². The molecular weight excluding hydrogens is 406 g/mol. The molecule has 0 aliphatic rings. The van der Waals surface area contributed by atoms with Crippen LogP contribution in [0.4, 0.5) is 5.95 Å². The van der Waals surface area contributed by atoms with Crippen LogP contribution in [0, 0.1) is 0 Å². The van der Waals surface area contributed by atoms with Crippen molar-refractivity contribution < 1.29 is 17.9 Å². The standard InChI is InChI=1S/C10H9BrClN3O4S2/c1-18-6-4-7(19-2)14-10(13-6)15-21(16,17)8-3-5(12)9(11)20-8/h3-4H,1-2H3,(H,13,14,15). The molecule has 0 saturated heterocycles. The van der Waals surface area contributed by atoms with E-state index in [0.717, 1.165) is 11.3 Å². The Balaban J connectivity index is 2.36. The lowest BCUT2D eigenvalue weighted by molar-refractivity contribution is 0.373. The molecule has 0 aliphatic heterocycles. The zero-order valence-electron chi connectivity index (χ0n) is 10.8. The van der Waals surface area contributed by atoms with Crippen LogP contribution in [-0.4, -0.2) is 32.6 Å². The number of aromatic nitrogens is 2. The second kappa shape index (κ2) is 6.34. The molecular formula is C10H9BrClN3O4S2. The van der Waals surface area contributed by atoms with Gasteiger partial charge in [0.2, 0.25) is 17.7 Å². The molecule has 21 heavy (non-hydrogen) atoms. The summed E-state index contributed by atoms with van der Waals surface area (Å²) in [6, 6.07) is 2.76. The first-order chi connectivity index (χ1) is 9.85.